The van der Waals surface area contributed by atoms with Crippen molar-refractivity contribution in [2.24, 2.45) is 34.0 Å². The molecule has 0 aliphatic carbocycles. The highest BCUT2D eigenvalue weighted by molar-refractivity contribution is 7.20. The summed E-state index contributed by atoms with van der Waals surface area (Å²) in [5, 5.41) is 33.8. The monoisotopic (exact) mass is 867 g/mol. The van der Waals surface area contributed by atoms with E-state index in [1.54, 1.807) is 27.7 Å². The second-order valence-corrected chi connectivity index (χ2v) is 16.0. The highest BCUT2D eigenvalue weighted by Gasteiger charge is 2.33. The largest absolute Gasteiger partial charge is 0.394 e. The number of nitrogens with two attached hydrogens (primary N) is 3. The van der Waals surface area contributed by atoms with E-state index in [1.165, 1.54) is 42.5 Å². The van der Waals surface area contributed by atoms with Crippen LogP contribution in [0.25, 0.3) is 10.2 Å². The molecular weight excluding hydrogens is 815 g/mol. The molecule has 22 heteroatoms. The number of aliphatic imine (C=N–C) groups is 1. The Kier molecular flexibility index (Phi) is 18.2. The Labute approximate surface area is 355 Å². The fourth-order valence-electron chi connectivity index (χ4n) is 6.04. The maximum Gasteiger partial charge on any atom is 0.269 e. The van der Waals surface area contributed by atoms with Crippen LogP contribution in [-0.2, 0) is 30.4 Å². The summed E-state index contributed by atoms with van der Waals surface area (Å²) in [5.74, 6) is -5.57. The zero-order valence-electron chi connectivity index (χ0n) is 34.4. The molecule has 61 heavy (non-hydrogen) atoms. The van der Waals surface area contributed by atoms with Crippen LogP contribution in [-0.4, -0.2) is 106 Å². The number of hydrogen-bond donors (Lipinski definition) is 9. The number of benzene rings is 2. The number of thiazole rings is 1. The van der Waals surface area contributed by atoms with Gasteiger partial charge in [-0.15, -0.1) is 11.3 Å². The van der Waals surface area contributed by atoms with Crippen molar-refractivity contribution in [3.05, 3.63) is 68.7 Å². The summed E-state index contributed by atoms with van der Waals surface area (Å²) >= 11 is 0.976. The summed E-state index contributed by atoms with van der Waals surface area (Å²) in [6.07, 6.45) is 0.155. The predicted molar refractivity (Wildman–Crippen MR) is 226 cm³/mol. The van der Waals surface area contributed by atoms with Crippen molar-refractivity contribution in [3.8, 4) is 0 Å². The number of ketones is 1. The maximum absolute atomic E-state index is 14.1. The lowest BCUT2D eigenvalue weighted by Crippen LogP contribution is -2.58. The number of nitro groups is 1. The molecule has 330 valence electrons. The van der Waals surface area contributed by atoms with Crippen LogP contribution in [0.15, 0.2) is 47.5 Å². The number of rotatable bonds is 23. The Morgan fingerprint density at radius 2 is 1.44 bits per heavy atom. The van der Waals surface area contributed by atoms with E-state index < -0.39 is 83.0 Å². The first-order valence-electron chi connectivity index (χ1n) is 19.3. The highest BCUT2D eigenvalue weighted by atomic mass is 32.1. The van der Waals surface area contributed by atoms with E-state index in [-0.39, 0.29) is 66.3 Å². The lowest BCUT2D eigenvalue weighted by molar-refractivity contribution is -0.384. The van der Waals surface area contributed by atoms with Crippen LogP contribution >= 0.6 is 11.3 Å². The van der Waals surface area contributed by atoms with Gasteiger partial charge in [-0.2, -0.15) is 0 Å². The number of amides is 6. The van der Waals surface area contributed by atoms with Gasteiger partial charge in [0.2, 0.25) is 35.3 Å². The van der Waals surface area contributed by atoms with Gasteiger partial charge in [0.05, 0.1) is 27.8 Å². The topological polar surface area (TPSA) is 346 Å². The van der Waals surface area contributed by atoms with E-state index in [9.17, 15) is 48.8 Å². The first kappa shape index (κ1) is 48.8. The smallest absolute Gasteiger partial charge is 0.269 e. The molecule has 0 bridgehead atoms. The summed E-state index contributed by atoms with van der Waals surface area (Å²) < 4.78 is 0.467. The molecule has 5 atom stereocenters. The summed E-state index contributed by atoms with van der Waals surface area (Å²) in [6, 6.07) is 3.56. The lowest BCUT2D eigenvalue weighted by Gasteiger charge is -2.27. The number of carbonyl (C=O) groups excluding carboxylic acids is 7. The minimum atomic E-state index is -1.42. The quantitative estimate of drug-likeness (QED) is 0.0151. The molecule has 0 spiro atoms. The number of Topliss-reactive ketones (excluding diaryl/α,β-unsaturated/α-hetero) is 1. The van der Waals surface area contributed by atoms with Crippen LogP contribution in [0.1, 0.15) is 79.6 Å². The van der Waals surface area contributed by atoms with Crippen molar-refractivity contribution in [1.29, 1.82) is 0 Å². The number of nitro benzene ring substituents is 1. The van der Waals surface area contributed by atoms with Gasteiger partial charge in [-0.3, -0.25) is 48.7 Å². The SMILES string of the molecule is CC(=O)N[C@@H](CO)C(=O)N[C@@H](Cc1ccc([N+](=O)[O-])cc1)C(=O)N[C@@H](CC(C)C)C(=O)N[C@@H](CCCN=C(N)N)C(=O)c1nc2ccc(C(=O)N[C@H](C(N)=O)C(C)C)cc2s1. The number of hydrogen-bond acceptors (Lipinski definition) is 13. The first-order valence-corrected chi connectivity index (χ1v) is 20.1. The minimum absolute atomic E-state index is 0.00446. The Morgan fingerprint density at radius 3 is 2.00 bits per heavy atom. The third kappa shape index (κ3) is 14.9. The molecule has 2 aromatic carbocycles. The summed E-state index contributed by atoms with van der Waals surface area (Å²) in [4.78, 5) is 111. The number of fused-ring (bicyclic) bond motifs is 1. The van der Waals surface area contributed by atoms with Gasteiger partial charge in [-0.25, -0.2) is 4.98 Å². The van der Waals surface area contributed by atoms with E-state index in [0.717, 1.165) is 18.3 Å². The number of aliphatic hydroxyl groups is 1. The molecule has 6 amide bonds. The van der Waals surface area contributed by atoms with Gasteiger partial charge < -0.3 is 48.9 Å². The maximum atomic E-state index is 14.1. The number of carbonyl (C=O) groups is 7. The first-order chi connectivity index (χ1) is 28.7. The predicted octanol–water partition coefficient (Wildman–Crippen LogP) is -0.0793. The molecule has 21 nitrogen and oxygen atoms in total. The van der Waals surface area contributed by atoms with Gasteiger partial charge in [0, 0.05) is 37.6 Å². The van der Waals surface area contributed by atoms with Crippen LogP contribution in [0.4, 0.5) is 5.69 Å². The van der Waals surface area contributed by atoms with E-state index in [4.69, 9.17) is 17.2 Å². The Hall–Kier alpha value is -6.55. The molecule has 3 aromatic rings. The molecule has 3 rings (SSSR count). The van der Waals surface area contributed by atoms with E-state index in [2.05, 4.69) is 36.6 Å². The van der Waals surface area contributed by atoms with Crippen molar-refractivity contribution in [2.75, 3.05) is 13.2 Å². The van der Waals surface area contributed by atoms with E-state index in [1.807, 2.05) is 0 Å². The van der Waals surface area contributed by atoms with Crippen LogP contribution < -0.4 is 43.8 Å². The third-order valence-corrected chi connectivity index (χ3v) is 10.2. The molecule has 12 N–H and O–H groups in total. The number of primary amides is 1. The lowest BCUT2D eigenvalue weighted by atomic mass is 9.99. The number of aliphatic hydroxyl groups excluding tert-OH is 1. The molecule has 0 radical (unpaired) electrons. The summed E-state index contributed by atoms with van der Waals surface area (Å²) in [6.45, 7) is 7.52. The highest BCUT2D eigenvalue weighted by Crippen LogP contribution is 2.25. The van der Waals surface area contributed by atoms with Gasteiger partial charge >= 0.3 is 0 Å². The average molecular weight is 868 g/mol. The Morgan fingerprint density at radius 1 is 0.836 bits per heavy atom. The number of nitrogens with zero attached hydrogens (tertiary/aromatic N) is 3. The van der Waals surface area contributed by atoms with Crippen molar-refractivity contribution >= 4 is 74.4 Å². The van der Waals surface area contributed by atoms with Crippen LogP contribution in [0.3, 0.4) is 0 Å². The van der Waals surface area contributed by atoms with Crippen molar-refractivity contribution in [1.82, 2.24) is 31.6 Å². The van der Waals surface area contributed by atoms with Crippen molar-refractivity contribution < 1.29 is 43.6 Å². The molecule has 0 saturated carbocycles. The minimum Gasteiger partial charge on any atom is -0.394 e. The van der Waals surface area contributed by atoms with Crippen molar-refractivity contribution in [2.45, 2.75) is 90.5 Å². The van der Waals surface area contributed by atoms with Gasteiger partial charge in [0.25, 0.3) is 11.6 Å². The van der Waals surface area contributed by atoms with Crippen LogP contribution in [0.5, 0.6) is 0 Å². The van der Waals surface area contributed by atoms with Crippen LogP contribution in [0, 0.1) is 22.0 Å². The van der Waals surface area contributed by atoms with E-state index >= 15 is 0 Å². The van der Waals surface area contributed by atoms with Gasteiger partial charge in [-0.1, -0.05) is 39.8 Å². The van der Waals surface area contributed by atoms with Gasteiger partial charge in [-0.05, 0) is 54.9 Å². The molecule has 0 aliphatic heterocycles. The third-order valence-electron chi connectivity index (χ3n) is 9.14. The average Bonchev–Trinajstić information content (AvgIpc) is 3.62. The Bertz CT molecular complexity index is 2120. The number of aromatic nitrogens is 1. The molecule has 0 fully saturated rings. The normalized spacial score (nSPS) is 13.6. The standard InChI is InChI=1S/C39H53N11O10S/c1-19(2)15-27(46-36(57)28(47-37(58)29(18-51)44-21(5)52)16-22-8-11-24(12-9-22)50(59)60)35(56)45-26(7-6-14-43-39(41)42)32(53)38-48-25-13-10-23(17-30(25)61-38)34(55)49-31(20(3)4)33(40)54/h8-13,17,19-20,26-29,31,51H,6-7,14-16,18H2,1-5H3,(H2,40,54)(H,44,52)(H,45,56)(H,46,57)(H,47,58)(H,49,55)(H4,41,42,43)/t26-,27-,28-,29-,31-/m0/s1. The molecule has 0 saturated heterocycles. The number of nitrogens with one attached hydrogen (secondary N) is 5. The molecular formula is C39H53N11O10S. The molecule has 1 heterocycles. The van der Waals surface area contributed by atoms with Gasteiger partial charge in [0.1, 0.15) is 24.2 Å². The fourth-order valence-corrected chi connectivity index (χ4v) is 7.04. The zero-order chi connectivity index (χ0) is 45.6. The zero-order valence-corrected chi connectivity index (χ0v) is 35.2. The second kappa shape index (κ2) is 22.7. The molecule has 1 aromatic heterocycles. The van der Waals surface area contributed by atoms with E-state index in [0.29, 0.717) is 15.8 Å². The van der Waals surface area contributed by atoms with Gasteiger partial charge in [0.15, 0.2) is 11.0 Å². The Balaban J connectivity index is 1.93. The number of non-ortho nitro benzene ring substituents is 1. The summed E-state index contributed by atoms with van der Waals surface area (Å²) in [7, 11) is 0. The molecule has 0 unspecified atom stereocenters. The summed E-state index contributed by atoms with van der Waals surface area (Å²) in [5.41, 5.74) is 17.2. The fraction of sp³-hybridized carbons (Fsp3) is 0.462. The van der Waals surface area contributed by atoms with Crippen LogP contribution in [0.2, 0.25) is 0 Å². The second-order valence-electron chi connectivity index (χ2n) is 15.0. The number of guanidine groups is 1. The molecule has 0 aliphatic rings. The van der Waals surface area contributed by atoms with Crippen molar-refractivity contribution in [3.63, 3.8) is 0 Å².